The molecule has 0 amide bonds. The summed E-state index contributed by atoms with van der Waals surface area (Å²) >= 11 is 1.77. The third kappa shape index (κ3) is 3.06. The molecule has 0 bridgehead atoms. The second kappa shape index (κ2) is 6.39. The summed E-state index contributed by atoms with van der Waals surface area (Å²) in [6.07, 6.45) is 2.00. The second-order valence-corrected chi connectivity index (χ2v) is 6.70. The lowest BCUT2D eigenvalue weighted by Crippen LogP contribution is -2.28. The van der Waals surface area contributed by atoms with E-state index in [0.717, 1.165) is 12.8 Å². The Morgan fingerprint density at radius 2 is 1.65 bits per heavy atom. The first kappa shape index (κ1) is 14.2. The van der Waals surface area contributed by atoms with Gasteiger partial charge in [0.25, 0.3) is 0 Å². The molecule has 114 valence electrons. The van der Waals surface area contributed by atoms with Crippen LogP contribution < -0.4 is 5.01 Å². The summed E-state index contributed by atoms with van der Waals surface area (Å²) in [5.74, 6) is 0. The van der Waals surface area contributed by atoms with Crippen LogP contribution in [-0.4, -0.2) is 11.8 Å². The van der Waals surface area contributed by atoms with Gasteiger partial charge in [0.2, 0.25) is 0 Å². The fraction of sp³-hybridized carbons (Fsp3) is 0.150. The molecule has 0 saturated heterocycles. The van der Waals surface area contributed by atoms with Crippen molar-refractivity contribution in [2.45, 2.75) is 18.9 Å². The van der Waals surface area contributed by atoms with E-state index in [4.69, 9.17) is 5.10 Å². The summed E-state index contributed by atoms with van der Waals surface area (Å²) < 4.78 is 0. The van der Waals surface area contributed by atoms with Crippen molar-refractivity contribution < 1.29 is 0 Å². The van der Waals surface area contributed by atoms with Crippen molar-refractivity contribution in [3.63, 3.8) is 0 Å². The van der Waals surface area contributed by atoms with Crippen LogP contribution >= 0.6 is 11.3 Å². The number of nitrogens with zero attached hydrogens (tertiary/aromatic N) is 2. The zero-order chi connectivity index (χ0) is 15.5. The van der Waals surface area contributed by atoms with Crippen LogP contribution in [0.2, 0.25) is 0 Å². The van der Waals surface area contributed by atoms with Crippen molar-refractivity contribution in [3.8, 4) is 0 Å². The van der Waals surface area contributed by atoms with Crippen molar-refractivity contribution in [2.75, 3.05) is 5.01 Å². The number of thiophene rings is 1. The normalized spacial score (nSPS) is 17.3. The Balaban J connectivity index is 1.65. The smallest absolute Gasteiger partial charge is 0.0802 e. The van der Waals surface area contributed by atoms with Gasteiger partial charge in [-0.2, -0.15) is 5.10 Å². The Hall–Kier alpha value is -2.39. The average Bonchev–Trinajstić information content (AvgIpc) is 3.26. The molecule has 23 heavy (non-hydrogen) atoms. The van der Waals surface area contributed by atoms with Crippen molar-refractivity contribution >= 4 is 22.7 Å². The lowest BCUT2D eigenvalue weighted by molar-refractivity contribution is 0.657. The molecule has 2 aromatic carbocycles. The highest BCUT2D eigenvalue weighted by molar-refractivity contribution is 7.12. The molecular formula is C20H18N2S. The quantitative estimate of drug-likeness (QED) is 0.663. The SMILES string of the molecule is c1ccc(CC2CC(c3cccs3)=NN2c2ccccc2)cc1. The summed E-state index contributed by atoms with van der Waals surface area (Å²) in [6, 6.07) is 25.8. The van der Waals surface area contributed by atoms with Crippen LogP contribution in [0.4, 0.5) is 5.69 Å². The molecular weight excluding hydrogens is 300 g/mol. The highest BCUT2D eigenvalue weighted by Crippen LogP contribution is 2.29. The number of benzene rings is 2. The molecule has 3 heteroatoms. The van der Waals surface area contributed by atoms with E-state index in [9.17, 15) is 0 Å². The zero-order valence-corrected chi connectivity index (χ0v) is 13.6. The Morgan fingerprint density at radius 1 is 0.913 bits per heavy atom. The lowest BCUT2D eigenvalue weighted by Gasteiger charge is -2.23. The standard InChI is InChI=1S/C20H18N2S/c1-3-8-16(9-4-1)14-18-15-19(20-12-7-13-23-20)21-22(18)17-10-5-2-6-11-17/h1-13,18H,14-15H2. The van der Waals surface area contributed by atoms with Crippen molar-refractivity contribution in [1.82, 2.24) is 0 Å². The minimum atomic E-state index is 0.372. The zero-order valence-electron chi connectivity index (χ0n) is 12.8. The molecule has 4 rings (SSSR count). The fourth-order valence-electron chi connectivity index (χ4n) is 3.05. The lowest BCUT2D eigenvalue weighted by atomic mass is 10.0. The largest absolute Gasteiger partial charge is 0.261 e. The average molecular weight is 318 g/mol. The van der Waals surface area contributed by atoms with Crippen molar-refractivity contribution in [1.29, 1.82) is 0 Å². The molecule has 0 saturated carbocycles. The number of hydrogen-bond donors (Lipinski definition) is 0. The van der Waals surface area contributed by atoms with E-state index in [-0.39, 0.29) is 0 Å². The van der Waals surface area contributed by atoms with Crippen LogP contribution in [0, 0.1) is 0 Å². The third-order valence-electron chi connectivity index (χ3n) is 4.14. The molecule has 0 fully saturated rings. The summed E-state index contributed by atoms with van der Waals surface area (Å²) in [5.41, 5.74) is 3.73. The van der Waals surface area contributed by atoms with E-state index < -0.39 is 0 Å². The summed E-state index contributed by atoms with van der Waals surface area (Å²) in [4.78, 5) is 1.28. The maximum atomic E-state index is 4.94. The van der Waals surface area contributed by atoms with Gasteiger partial charge < -0.3 is 0 Å². The van der Waals surface area contributed by atoms with E-state index in [1.165, 1.54) is 21.8 Å². The Morgan fingerprint density at radius 3 is 2.35 bits per heavy atom. The van der Waals surface area contributed by atoms with Crippen LogP contribution in [0.5, 0.6) is 0 Å². The molecule has 2 nitrogen and oxygen atoms in total. The van der Waals surface area contributed by atoms with Crippen LogP contribution in [0.3, 0.4) is 0 Å². The minimum Gasteiger partial charge on any atom is -0.261 e. The number of rotatable bonds is 4. The topological polar surface area (TPSA) is 15.6 Å². The van der Waals surface area contributed by atoms with Gasteiger partial charge in [-0.3, -0.25) is 5.01 Å². The first-order valence-corrected chi connectivity index (χ1v) is 8.78. The molecule has 2 heterocycles. The molecule has 1 aromatic heterocycles. The van der Waals surface area contributed by atoms with Crippen LogP contribution in [-0.2, 0) is 6.42 Å². The van der Waals surface area contributed by atoms with E-state index in [0.29, 0.717) is 6.04 Å². The fourth-order valence-corrected chi connectivity index (χ4v) is 3.77. The van der Waals surface area contributed by atoms with Gasteiger partial charge in [0.1, 0.15) is 0 Å². The van der Waals surface area contributed by atoms with Gasteiger partial charge in [0, 0.05) is 6.42 Å². The molecule has 1 aliphatic heterocycles. The highest BCUT2D eigenvalue weighted by atomic mass is 32.1. The number of anilines is 1. The van der Waals surface area contributed by atoms with Crippen molar-refractivity contribution in [2.24, 2.45) is 5.10 Å². The van der Waals surface area contributed by atoms with Crippen LogP contribution in [0.15, 0.2) is 83.3 Å². The van der Waals surface area contributed by atoms with Crippen LogP contribution in [0.25, 0.3) is 0 Å². The van der Waals surface area contributed by atoms with Gasteiger partial charge in [-0.05, 0) is 35.6 Å². The number of hydrogen-bond acceptors (Lipinski definition) is 3. The Labute approximate surface area is 140 Å². The van der Waals surface area contributed by atoms with E-state index in [1.807, 2.05) is 0 Å². The summed E-state index contributed by atoms with van der Waals surface area (Å²) in [6.45, 7) is 0. The minimum absolute atomic E-state index is 0.372. The molecule has 0 aliphatic carbocycles. The predicted molar refractivity (Wildman–Crippen MR) is 98.3 cm³/mol. The third-order valence-corrected chi connectivity index (χ3v) is 5.06. The van der Waals surface area contributed by atoms with Crippen molar-refractivity contribution in [3.05, 3.63) is 88.6 Å². The molecule has 3 aromatic rings. The van der Waals surface area contributed by atoms with E-state index in [2.05, 4.69) is 83.2 Å². The van der Waals surface area contributed by atoms with Gasteiger partial charge in [0.05, 0.1) is 22.3 Å². The van der Waals surface area contributed by atoms with Gasteiger partial charge in [0.15, 0.2) is 0 Å². The summed E-state index contributed by atoms with van der Waals surface area (Å²) in [5, 5.41) is 9.26. The Kier molecular flexibility index (Phi) is 3.95. The molecule has 0 radical (unpaired) electrons. The second-order valence-electron chi connectivity index (χ2n) is 5.75. The van der Waals surface area contributed by atoms with E-state index >= 15 is 0 Å². The Bertz CT molecular complexity index is 779. The maximum Gasteiger partial charge on any atom is 0.0802 e. The first-order valence-electron chi connectivity index (χ1n) is 7.90. The number of para-hydroxylation sites is 1. The number of hydrazone groups is 1. The first-order chi connectivity index (χ1) is 11.4. The molecule has 0 spiro atoms. The predicted octanol–water partition coefficient (Wildman–Crippen LogP) is 4.97. The molecule has 1 atom stereocenters. The molecule has 0 N–H and O–H groups in total. The maximum absolute atomic E-state index is 4.94. The van der Waals surface area contributed by atoms with Gasteiger partial charge in [-0.1, -0.05) is 54.6 Å². The van der Waals surface area contributed by atoms with Gasteiger partial charge >= 0.3 is 0 Å². The molecule has 1 unspecified atom stereocenters. The monoisotopic (exact) mass is 318 g/mol. The van der Waals surface area contributed by atoms with Gasteiger partial charge in [-0.25, -0.2) is 0 Å². The highest BCUT2D eigenvalue weighted by Gasteiger charge is 2.28. The van der Waals surface area contributed by atoms with Gasteiger partial charge in [-0.15, -0.1) is 11.3 Å². The molecule has 1 aliphatic rings. The van der Waals surface area contributed by atoms with E-state index in [1.54, 1.807) is 11.3 Å². The van der Waals surface area contributed by atoms with Crippen LogP contribution in [0.1, 0.15) is 16.9 Å². The summed E-state index contributed by atoms with van der Waals surface area (Å²) in [7, 11) is 0.